The summed E-state index contributed by atoms with van der Waals surface area (Å²) in [6.45, 7) is 0.645. The van der Waals surface area contributed by atoms with E-state index in [2.05, 4.69) is 10.3 Å². The maximum Gasteiger partial charge on any atom is 0.126 e. The summed E-state index contributed by atoms with van der Waals surface area (Å²) in [5.41, 5.74) is 1.03. The molecule has 0 aliphatic carbocycles. The van der Waals surface area contributed by atoms with Gasteiger partial charge < -0.3 is 5.32 Å². The number of anilines is 1. The van der Waals surface area contributed by atoms with Crippen molar-refractivity contribution >= 4 is 17.6 Å². The topological polar surface area (TPSA) is 24.9 Å². The van der Waals surface area contributed by atoms with Gasteiger partial charge in [0.15, 0.2) is 0 Å². The van der Waals surface area contributed by atoms with Crippen molar-refractivity contribution in [1.29, 1.82) is 0 Å². The molecule has 0 atom stereocenters. The molecule has 0 bridgehead atoms. The second-order valence-electron chi connectivity index (χ2n) is 3.56. The van der Waals surface area contributed by atoms with Gasteiger partial charge >= 0.3 is 0 Å². The SMILES string of the molecule is CSc1ccc(NCc2ccc(F)cc2)nc1. The first-order valence-electron chi connectivity index (χ1n) is 5.26. The van der Waals surface area contributed by atoms with Crippen LogP contribution in [0.3, 0.4) is 0 Å². The van der Waals surface area contributed by atoms with E-state index < -0.39 is 0 Å². The zero-order valence-corrected chi connectivity index (χ0v) is 10.3. The average Bonchev–Trinajstić information content (AvgIpc) is 2.39. The molecule has 1 heterocycles. The highest BCUT2D eigenvalue weighted by Gasteiger charge is 1.96. The van der Waals surface area contributed by atoms with E-state index in [1.54, 1.807) is 23.9 Å². The second-order valence-corrected chi connectivity index (χ2v) is 4.44. The van der Waals surface area contributed by atoms with E-state index in [4.69, 9.17) is 0 Å². The summed E-state index contributed by atoms with van der Waals surface area (Å²) in [5, 5.41) is 3.19. The number of nitrogens with zero attached hydrogens (tertiary/aromatic N) is 1. The Balaban J connectivity index is 1.95. The zero-order chi connectivity index (χ0) is 12.1. The monoisotopic (exact) mass is 248 g/mol. The third-order valence-corrected chi connectivity index (χ3v) is 3.07. The van der Waals surface area contributed by atoms with Crippen LogP contribution in [-0.4, -0.2) is 11.2 Å². The van der Waals surface area contributed by atoms with Gasteiger partial charge in [-0.25, -0.2) is 9.37 Å². The fourth-order valence-corrected chi connectivity index (χ4v) is 1.76. The smallest absolute Gasteiger partial charge is 0.126 e. The highest BCUT2D eigenvalue weighted by atomic mass is 32.2. The zero-order valence-electron chi connectivity index (χ0n) is 9.48. The molecule has 1 aromatic heterocycles. The van der Waals surface area contributed by atoms with Crippen LogP contribution >= 0.6 is 11.8 Å². The van der Waals surface area contributed by atoms with Crippen LogP contribution in [0.1, 0.15) is 5.56 Å². The fourth-order valence-electron chi connectivity index (χ4n) is 1.40. The summed E-state index contributed by atoms with van der Waals surface area (Å²) < 4.78 is 12.7. The van der Waals surface area contributed by atoms with Gasteiger partial charge in [-0.15, -0.1) is 11.8 Å². The standard InChI is InChI=1S/C13H13FN2S/c1-17-12-6-7-13(16-9-12)15-8-10-2-4-11(14)5-3-10/h2-7,9H,8H2,1H3,(H,15,16). The van der Waals surface area contributed by atoms with E-state index in [1.165, 1.54) is 12.1 Å². The molecular weight excluding hydrogens is 235 g/mol. The lowest BCUT2D eigenvalue weighted by molar-refractivity contribution is 0.627. The summed E-state index contributed by atoms with van der Waals surface area (Å²) in [5.74, 6) is 0.614. The molecule has 0 unspecified atom stereocenters. The molecule has 0 fully saturated rings. The summed E-state index contributed by atoms with van der Waals surface area (Å²) >= 11 is 1.66. The van der Waals surface area contributed by atoms with Crippen LogP contribution in [0.2, 0.25) is 0 Å². The van der Waals surface area contributed by atoms with Crippen molar-refractivity contribution in [3.05, 3.63) is 54.0 Å². The fraction of sp³-hybridized carbons (Fsp3) is 0.154. The molecule has 2 nitrogen and oxygen atoms in total. The Morgan fingerprint density at radius 1 is 1.18 bits per heavy atom. The Kier molecular flexibility index (Phi) is 3.98. The molecule has 4 heteroatoms. The maximum absolute atomic E-state index is 12.7. The van der Waals surface area contributed by atoms with Crippen LogP contribution in [0.4, 0.5) is 10.2 Å². The second kappa shape index (κ2) is 5.68. The third-order valence-electron chi connectivity index (χ3n) is 2.36. The molecule has 0 aliphatic rings. The predicted octanol–water partition coefficient (Wildman–Crippen LogP) is 3.55. The van der Waals surface area contributed by atoms with Crippen LogP contribution in [0, 0.1) is 5.82 Å². The molecule has 88 valence electrons. The van der Waals surface area contributed by atoms with Gasteiger partial charge in [-0.3, -0.25) is 0 Å². The van der Waals surface area contributed by atoms with Gasteiger partial charge in [0.25, 0.3) is 0 Å². The number of hydrogen-bond donors (Lipinski definition) is 1. The lowest BCUT2D eigenvalue weighted by Gasteiger charge is -2.06. The first-order valence-corrected chi connectivity index (χ1v) is 6.49. The van der Waals surface area contributed by atoms with Crippen molar-refractivity contribution in [3.63, 3.8) is 0 Å². The Hall–Kier alpha value is -1.55. The van der Waals surface area contributed by atoms with Crippen molar-refractivity contribution in [1.82, 2.24) is 4.98 Å². The molecule has 0 aliphatic heterocycles. The van der Waals surface area contributed by atoms with E-state index in [-0.39, 0.29) is 5.82 Å². The lowest BCUT2D eigenvalue weighted by Crippen LogP contribution is -2.00. The van der Waals surface area contributed by atoms with Crippen LogP contribution in [-0.2, 0) is 6.54 Å². The van der Waals surface area contributed by atoms with Gasteiger partial charge in [0, 0.05) is 17.6 Å². The summed E-state index contributed by atoms with van der Waals surface area (Å²) in [7, 11) is 0. The minimum Gasteiger partial charge on any atom is -0.366 e. The predicted molar refractivity (Wildman–Crippen MR) is 69.7 cm³/mol. The van der Waals surface area contributed by atoms with E-state index in [0.29, 0.717) is 6.54 Å². The summed E-state index contributed by atoms with van der Waals surface area (Å²) in [6, 6.07) is 10.4. The molecule has 0 spiro atoms. The largest absolute Gasteiger partial charge is 0.366 e. The number of benzene rings is 1. The van der Waals surface area contributed by atoms with Gasteiger partial charge in [0.2, 0.25) is 0 Å². The number of rotatable bonds is 4. The van der Waals surface area contributed by atoms with Crippen molar-refractivity contribution in [2.24, 2.45) is 0 Å². The minimum absolute atomic E-state index is 0.212. The Bertz CT molecular complexity index is 468. The van der Waals surface area contributed by atoms with Crippen molar-refractivity contribution in [2.75, 3.05) is 11.6 Å². The Labute approximate surface area is 104 Å². The molecule has 0 amide bonds. The highest BCUT2D eigenvalue weighted by molar-refractivity contribution is 7.98. The molecule has 2 aromatic rings. The van der Waals surface area contributed by atoms with Crippen LogP contribution in [0.25, 0.3) is 0 Å². The van der Waals surface area contributed by atoms with Crippen molar-refractivity contribution in [2.45, 2.75) is 11.4 Å². The van der Waals surface area contributed by atoms with E-state index in [0.717, 1.165) is 16.3 Å². The van der Waals surface area contributed by atoms with E-state index >= 15 is 0 Å². The molecule has 0 saturated carbocycles. The average molecular weight is 248 g/mol. The van der Waals surface area contributed by atoms with Crippen LogP contribution in [0.5, 0.6) is 0 Å². The van der Waals surface area contributed by atoms with Crippen molar-refractivity contribution in [3.8, 4) is 0 Å². The maximum atomic E-state index is 12.7. The highest BCUT2D eigenvalue weighted by Crippen LogP contribution is 2.15. The van der Waals surface area contributed by atoms with Crippen LogP contribution in [0.15, 0.2) is 47.5 Å². The molecule has 17 heavy (non-hydrogen) atoms. The van der Waals surface area contributed by atoms with Gasteiger partial charge in [0.05, 0.1) is 0 Å². The first kappa shape index (κ1) is 11.9. The summed E-state index contributed by atoms with van der Waals surface area (Å²) in [6.07, 6.45) is 3.85. The van der Waals surface area contributed by atoms with Gasteiger partial charge in [-0.1, -0.05) is 12.1 Å². The van der Waals surface area contributed by atoms with E-state index in [1.807, 2.05) is 24.6 Å². The molecule has 2 rings (SSSR count). The normalized spacial score (nSPS) is 10.2. The number of pyridine rings is 1. The van der Waals surface area contributed by atoms with Crippen LogP contribution < -0.4 is 5.32 Å². The molecule has 0 radical (unpaired) electrons. The van der Waals surface area contributed by atoms with Gasteiger partial charge in [-0.05, 0) is 36.1 Å². The number of hydrogen-bond acceptors (Lipinski definition) is 3. The quantitative estimate of drug-likeness (QED) is 0.837. The molecule has 1 N–H and O–H groups in total. The molecule has 1 aromatic carbocycles. The third kappa shape index (κ3) is 3.46. The molecule has 0 saturated heterocycles. The first-order chi connectivity index (χ1) is 8.28. The van der Waals surface area contributed by atoms with Crippen molar-refractivity contribution < 1.29 is 4.39 Å². The minimum atomic E-state index is -0.212. The number of thioether (sulfide) groups is 1. The summed E-state index contributed by atoms with van der Waals surface area (Å²) in [4.78, 5) is 5.41. The Morgan fingerprint density at radius 2 is 1.94 bits per heavy atom. The number of aromatic nitrogens is 1. The van der Waals surface area contributed by atoms with Gasteiger partial charge in [-0.2, -0.15) is 0 Å². The number of halogens is 1. The lowest BCUT2D eigenvalue weighted by atomic mass is 10.2. The number of nitrogens with one attached hydrogen (secondary N) is 1. The molecular formula is C13H13FN2S. The Morgan fingerprint density at radius 3 is 2.53 bits per heavy atom. The van der Waals surface area contributed by atoms with E-state index in [9.17, 15) is 4.39 Å². The van der Waals surface area contributed by atoms with Gasteiger partial charge in [0.1, 0.15) is 11.6 Å².